The van der Waals surface area contributed by atoms with Crippen LogP contribution in [0.5, 0.6) is 0 Å². The van der Waals surface area contributed by atoms with Crippen molar-refractivity contribution in [3.8, 4) is 0 Å². The Morgan fingerprint density at radius 3 is 3.38 bits per heavy atom. The van der Waals surface area contributed by atoms with Crippen LogP contribution in [0.1, 0.15) is 28.5 Å². The van der Waals surface area contributed by atoms with E-state index in [4.69, 9.17) is 9.26 Å². The third-order valence-electron chi connectivity index (χ3n) is 3.68. The van der Waals surface area contributed by atoms with Gasteiger partial charge < -0.3 is 19.1 Å². The predicted octanol–water partition coefficient (Wildman–Crippen LogP) is 1.01. The highest BCUT2D eigenvalue weighted by molar-refractivity contribution is 5.92. The molecule has 2 aromatic rings. The van der Waals surface area contributed by atoms with Gasteiger partial charge in [-0.25, -0.2) is 4.98 Å². The highest BCUT2D eigenvalue weighted by Gasteiger charge is 2.20. The van der Waals surface area contributed by atoms with Crippen LogP contribution in [-0.4, -0.2) is 34.3 Å². The largest absolute Gasteiger partial charge is 0.377 e. The van der Waals surface area contributed by atoms with E-state index in [0.29, 0.717) is 30.5 Å². The van der Waals surface area contributed by atoms with Gasteiger partial charge in [-0.05, 0) is 12.3 Å². The molecule has 0 bridgehead atoms. The molecule has 0 saturated heterocycles. The van der Waals surface area contributed by atoms with E-state index in [1.165, 1.54) is 0 Å². The van der Waals surface area contributed by atoms with Gasteiger partial charge in [-0.1, -0.05) is 5.16 Å². The maximum Gasteiger partial charge on any atom is 0.273 e. The van der Waals surface area contributed by atoms with Crippen LogP contribution in [0.3, 0.4) is 0 Å². The Kier molecular flexibility index (Phi) is 4.01. The first kappa shape index (κ1) is 13.8. The van der Waals surface area contributed by atoms with Crippen LogP contribution in [-0.2, 0) is 24.3 Å². The van der Waals surface area contributed by atoms with Gasteiger partial charge in [0.05, 0.1) is 0 Å². The van der Waals surface area contributed by atoms with Crippen LogP contribution in [0, 0.1) is 5.92 Å². The van der Waals surface area contributed by atoms with E-state index in [-0.39, 0.29) is 5.91 Å². The summed E-state index contributed by atoms with van der Waals surface area (Å²) in [7, 11) is 1.56. The maximum atomic E-state index is 12.0. The quantitative estimate of drug-likeness (QED) is 0.888. The molecule has 0 fully saturated rings. The van der Waals surface area contributed by atoms with Gasteiger partial charge in [-0.3, -0.25) is 4.79 Å². The monoisotopic (exact) mass is 290 g/mol. The first-order chi connectivity index (χ1) is 10.3. The molecule has 3 rings (SSSR count). The number of nitrogens with zero attached hydrogens (tertiary/aromatic N) is 3. The van der Waals surface area contributed by atoms with Crippen LogP contribution < -0.4 is 5.32 Å². The van der Waals surface area contributed by atoms with Gasteiger partial charge in [0.25, 0.3) is 5.91 Å². The fourth-order valence-corrected chi connectivity index (χ4v) is 2.55. The molecule has 112 valence electrons. The Morgan fingerprint density at radius 2 is 2.52 bits per heavy atom. The minimum atomic E-state index is -0.213. The molecule has 1 N–H and O–H groups in total. The van der Waals surface area contributed by atoms with Crippen LogP contribution in [0.4, 0.5) is 0 Å². The minimum absolute atomic E-state index is 0.213. The van der Waals surface area contributed by atoms with Crippen LogP contribution >= 0.6 is 0 Å². The van der Waals surface area contributed by atoms with Crippen molar-refractivity contribution in [3.05, 3.63) is 35.7 Å². The fraction of sp³-hybridized carbons (Fsp3) is 0.500. The zero-order valence-corrected chi connectivity index (χ0v) is 11.9. The molecule has 0 unspecified atom stereocenters. The van der Waals surface area contributed by atoms with Crippen molar-refractivity contribution < 1.29 is 14.1 Å². The summed E-state index contributed by atoms with van der Waals surface area (Å²) >= 11 is 0. The highest BCUT2D eigenvalue weighted by atomic mass is 16.5. The molecule has 1 aliphatic rings. The lowest BCUT2D eigenvalue weighted by atomic mass is 9.98. The fourth-order valence-electron chi connectivity index (χ4n) is 2.55. The molecule has 7 nitrogen and oxygen atoms in total. The number of hydrogen-bond donors (Lipinski definition) is 1. The molecule has 7 heteroatoms. The van der Waals surface area contributed by atoms with E-state index in [9.17, 15) is 4.79 Å². The summed E-state index contributed by atoms with van der Waals surface area (Å²) < 4.78 is 12.1. The number of aromatic nitrogens is 3. The molecule has 1 atom stereocenters. The SMILES string of the molecule is COCc1cc(C(=O)NC[C@H]2CCn3ccnc3C2)no1. The number of carbonyl (C=O) groups is 1. The Hall–Kier alpha value is -2.15. The first-order valence-electron chi connectivity index (χ1n) is 6.99. The van der Waals surface area contributed by atoms with Crippen molar-refractivity contribution in [2.75, 3.05) is 13.7 Å². The summed E-state index contributed by atoms with van der Waals surface area (Å²) in [6.45, 7) is 1.89. The van der Waals surface area contributed by atoms with Crippen molar-refractivity contribution in [2.45, 2.75) is 26.0 Å². The lowest BCUT2D eigenvalue weighted by Crippen LogP contribution is -2.33. The first-order valence-corrected chi connectivity index (χ1v) is 6.99. The standard InChI is InChI=1S/C14H18N4O3/c1-20-9-11-7-12(17-21-11)14(19)16-8-10-2-4-18-5-3-15-13(18)6-10/h3,5,7,10H,2,4,6,8-9H2,1H3,(H,16,19)/t10-/m0/s1. The van der Waals surface area contributed by atoms with Gasteiger partial charge >= 0.3 is 0 Å². The summed E-state index contributed by atoms with van der Waals surface area (Å²) in [6.07, 6.45) is 5.75. The number of nitrogens with one attached hydrogen (secondary N) is 1. The zero-order valence-electron chi connectivity index (χ0n) is 11.9. The van der Waals surface area contributed by atoms with Crippen molar-refractivity contribution in [3.63, 3.8) is 0 Å². The number of rotatable bonds is 5. The van der Waals surface area contributed by atoms with Crippen molar-refractivity contribution in [2.24, 2.45) is 5.92 Å². The van der Waals surface area contributed by atoms with E-state index in [1.54, 1.807) is 13.2 Å². The Bertz CT molecular complexity index is 619. The van der Waals surface area contributed by atoms with Gasteiger partial charge in [-0.15, -0.1) is 0 Å². The van der Waals surface area contributed by atoms with Gasteiger partial charge in [0.1, 0.15) is 12.4 Å². The number of carbonyl (C=O) groups excluding carboxylic acids is 1. The summed E-state index contributed by atoms with van der Waals surface area (Å²) in [6, 6.07) is 1.60. The molecular formula is C14H18N4O3. The van der Waals surface area contributed by atoms with Gasteiger partial charge in [0.15, 0.2) is 11.5 Å². The molecule has 0 spiro atoms. The second-order valence-corrected chi connectivity index (χ2v) is 5.22. The third kappa shape index (κ3) is 3.13. The molecule has 0 saturated carbocycles. The maximum absolute atomic E-state index is 12.0. The molecule has 0 radical (unpaired) electrons. The molecule has 0 aliphatic carbocycles. The molecule has 3 heterocycles. The van der Waals surface area contributed by atoms with Gasteiger partial charge in [0.2, 0.25) is 0 Å². The Balaban J connectivity index is 1.52. The zero-order chi connectivity index (χ0) is 14.7. The lowest BCUT2D eigenvalue weighted by Gasteiger charge is -2.23. The van der Waals surface area contributed by atoms with Crippen LogP contribution in [0.15, 0.2) is 23.0 Å². The topological polar surface area (TPSA) is 82.2 Å². The van der Waals surface area contributed by atoms with Gasteiger partial charge in [0, 0.05) is 45.1 Å². The third-order valence-corrected chi connectivity index (χ3v) is 3.68. The molecule has 1 amide bonds. The summed E-state index contributed by atoms with van der Waals surface area (Å²) in [5.74, 6) is 1.83. The van der Waals surface area contributed by atoms with E-state index in [0.717, 1.165) is 25.2 Å². The molecule has 1 aliphatic heterocycles. The Morgan fingerprint density at radius 1 is 1.62 bits per heavy atom. The van der Waals surface area contributed by atoms with Crippen molar-refractivity contribution in [1.82, 2.24) is 20.0 Å². The lowest BCUT2D eigenvalue weighted by molar-refractivity contribution is 0.0934. The smallest absolute Gasteiger partial charge is 0.273 e. The minimum Gasteiger partial charge on any atom is -0.377 e. The second kappa shape index (κ2) is 6.09. The number of ether oxygens (including phenoxy) is 1. The Labute approximate surface area is 122 Å². The van der Waals surface area contributed by atoms with E-state index < -0.39 is 0 Å². The highest BCUT2D eigenvalue weighted by Crippen LogP contribution is 2.18. The summed E-state index contributed by atoms with van der Waals surface area (Å²) in [4.78, 5) is 16.3. The summed E-state index contributed by atoms with van der Waals surface area (Å²) in [5, 5.41) is 6.65. The number of hydrogen-bond acceptors (Lipinski definition) is 5. The number of fused-ring (bicyclic) bond motifs is 1. The molecule has 21 heavy (non-hydrogen) atoms. The number of amides is 1. The average Bonchev–Trinajstić information content (AvgIpc) is 3.13. The van der Waals surface area contributed by atoms with Crippen LogP contribution in [0.2, 0.25) is 0 Å². The normalized spacial score (nSPS) is 17.5. The second-order valence-electron chi connectivity index (χ2n) is 5.22. The number of aryl methyl sites for hydroxylation is 1. The molecular weight excluding hydrogens is 272 g/mol. The van der Waals surface area contributed by atoms with Gasteiger partial charge in [-0.2, -0.15) is 0 Å². The van der Waals surface area contributed by atoms with E-state index in [2.05, 4.69) is 20.0 Å². The summed E-state index contributed by atoms with van der Waals surface area (Å²) in [5.41, 5.74) is 0.291. The average molecular weight is 290 g/mol. The van der Waals surface area contributed by atoms with Crippen LogP contribution in [0.25, 0.3) is 0 Å². The number of methoxy groups -OCH3 is 1. The number of imidazole rings is 1. The van der Waals surface area contributed by atoms with E-state index in [1.807, 2.05) is 12.4 Å². The van der Waals surface area contributed by atoms with E-state index >= 15 is 0 Å². The van der Waals surface area contributed by atoms with Crippen molar-refractivity contribution in [1.29, 1.82) is 0 Å². The molecule has 2 aromatic heterocycles. The molecule has 0 aromatic carbocycles. The predicted molar refractivity (Wildman–Crippen MR) is 73.6 cm³/mol. The van der Waals surface area contributed by atoms with Crippen molar-refractivity contribution >= 4 is 5.91 Å².